The van der Waals surface area contributed by atoms with Crippen LogP contribution in [-0.4, -0.2) is 27.3 Å². The Morgan fingerprint density at radius 2 is 2.00 bits per heavy atom. The van der Waals surface area contributed by atoms with Gasteiger partial charge in [0, 0.05) is 7.11 Å². The average molecular weight is 235 g/mol. The molecule has 1 fully saturated rings. The number of methoxy groups -OCH3 is 2. The minimum absolute atomic E-state index is 0.636. The van der Waals surface area contributed by atoms with Gasteiger partial charge in [-0.1, -0.05) is 6.07 Å². The van der Waals surface area contributed by atoms with Crippen LogP contribution in [0.15, 0.2) is 18.2 Å². The average Bonchev–Trinajstić information content (AvgIpc) is 2.40. The van der Waals surface area contributed by atoms with Crippen molar-refractivity contribution in [2.75, 3.05) is 27.3 Å². The molecule has 1 N–H and O–H groups in total. The van der Waals surface area contributed by atoms with Crippen molar-refractivity contribution in [1.29, 1.82) is 0 Å². The van der Waals surface area contributed by atoms with Crippen molar-refractivity contribution in [3.63, 3.8) is 0 Å². The molecule has 2 rings (SSSR count). The van der Waals surface area contributed by atoms with E-state index in [1.165, 1.54) is 24.0 Å². The molecule has 3 nitrogen and oxygen atoms in total. The molecule has 0 unspecified atom stereocenters. The second-order valence-corrected chi connectivity index (χ2v) is 4.52. The molecule has 0 aromatic heterocycles. The Balaban J connectivity index is 2.26. The molecule has 0 amide bonds. The highest BCUT2D eigenvalue weighted by Gasteiger charge is 2.18. The van der Waals surface area contributed by atoms with E-state index >= 15 is 0 Å². The summed E-state index contributed by atoms with van der Waals surface area (Å²) in [6, 6.07) is 6.31. The van der Waals surface area contributed by atoms with Gasteiger partial charge in [-0.25, -0.2) is 0 Å². The largest absolute Gasteiger partial charge is 0.497 e. The third-order valence-corrected chi connectivity index (χ3v) is 3.43. The van der Waals surface area contributed by atoms with E-state index < -0.39 is 0 Å². The minimum Gasteiger partial charge on any atom is -0.497 e. The van der Waals surface area contributed by atoms with E-state index in [0.717, 1.165) is 18.8 Å². The molecule has 0 atom stereocenters. The number of benzene rings is 1. The first-order chi connectivity index (χ1) is 8.35. The van der Waals surface area contributed by atoms with Crippen molar-refractivity contribution in [1.82, 2.24) is 5.32 Å². The van der Waals surface area contributed by atoms with Gasteiger partial charge in [0.15, 0.2) is 0 Å². The molecule has 1 aliphatic rings. The van der Waals surface area contributed by atoms with Gasteiger partial charge < -0.3 is 14.8 Å². The first kappa shape index (κ1) is 12.4. The van der Waals surface area contributed by atoms with Crippen molar-refractivity contribution in [3.8, 4) is 5.75 Å². The van der Waals surface area contributed by atoms with E-state index in [4.69, 9.17) is 9.47 Å². The molecule has 0 spiro atoms. The Bertz CT molecular complexity index is 359. The van der Waals surface area contributed by atoms with Crippen LogP contribution in [0.25, 0.3) is 0 Å². The lowest BCUT2D eigenvalue weighted by molar-refractivity contribution is 0.183. The minimum atomic E-state index is 0.636. The van der Waals surface area contributed by atoms with Crippen LogP contribution in [0.3, 0.4) is 0 Å². The third-order valence-electron chi connectivity index (χ3n) is 3.43. The Morgan fingerprint density at radius 1 is 1.24 bits per heavy atom. The Hall–Kier alpha value is -1.06. The van der Waals surface area contributed by atoms with Gasteiger partial charge in [-0.15, -0.1) is 0 Å². The number of piperidine rings is 1. The molecule has 1 aromatic rings. The van der Waals surface area contributed by atoms with E-state index in [2.05, 4.69) is 17.4 Å². The molecule has 0 radical (unpaired) electrons. The van der Waals surface area contributed by atoms with Gasteiger partial charge in [0.2, 0.25) is 0 Å². The second kappa shape index (κ2) is 6.03. The maximum absolute atomic E-state index is 5.32. The first-order valence-corrected chi connectivity index (χ1v) is 6.21. The summed E-state index contributed by atoms with van der Waals surface area (Å²) in [5.74, 6) is 1.58. The van der Waals surface area contributed by atoms with Gasteiger partial charge in [0.1, 0.15) is 5.75 Å². The smallest absolute Gasteiger partial charge is 0.119 e. The molecule has 0 bridgehead atoms. The van der Waals surface area contributed by atoms with Crippen LogP contribution < -0.4 is 10.1 Å². The molecular weight excluding hydrogens is 214 g/mol. The van der Waals surface area contributed by atoms with Crippen LogP contribution in [0.5, 0.6) is 5.75 Å². The molecular formula is C14H21NO2. The monoisotopic (exact) mass is 235 g/mol. The molecule has 1 aromatic carbocycles. The predicted molar refractivity (Wildman–Crippen MR) is 68.6 cm³/mol. The zero-order valence-corrected chi connectivity index (χ0v) is 10.7. The molecule has 17 heavy (non-hydrogen) atoms. The number of rotatable bonds is 4. The summed E-state index contributed by atoms with van der Waals surface area (Å²) in [4.78, 5) is 0. The highest BCUT2D eigenvalue weighted by Crippen LogP contribution is 2.31. The fourth-order valence-electron chi connectivity index (χ4n) is 2.50. The highest BCUT2D eigenvalue weighted by atomic mass is 16.5. The number of hydrogen-bond donors (Lipinski definition) is 1. The van der Waals surface area contributed by atoms with Gasteiger partial charge in [-0.05, 0) is 55.1 Å². The number of ether oxygens (including phenoxy) is 2. The highest BCUT2D eigenvalue weighted by molar-refractivity contribution is 5.38. The summed E-state index contributed by atoms with van der Waals surface area (Å²) in [5, 5.41) is 3.40. The van der Waals surface area contributed by atoms with Crippen LogP contribution in [0.1, 0.15) is 29.9 Å². The zero-order valence-electron chi connectivity index (χ0n) is 10.7. The summed E-state index contributed by atoms with van der Waals surface area (Å²) in [6.45, 7) is 2.89. The van der Waals surface area contributed by atoms with Crippen molar-refractivity contribution < 1.29 is 9.47 Å². The molecule has 1 saturated heterocycles. The van der Waals surface area contributed by atoms with E-state index in [0.29, 0.717) is 12.5 Å². The number of hydrogen-bond acceptors (Lipinski definition) is 3. The van der Waals surface area contributed by atoms with Gasteiger partial charge >= 0.3 is 0 Å². The summed E-state index contributed by atoms with van der Waals surface area (Å²) in [6.07, 6.45) is 2.40. The van der Waals surface area contributed by atoms with Gasteiger partial charge in [0.05, 0.1) is 13.7 Å². The lowest BCUT2D eigenvalue weighted by atomic mass is 9.87. The lowest BCUT2D eigenvalue weighted by Gasteiger charge is -2.25. The van der Waals surface area contributed by atoms with E-state index in [1.807, 2.05) is 6.07 Å². The Kier molecular flexibility index (Phi) is 4.40. The maximum atomic E-state index is 5.32. The van der Waals surface area contributed by atoms with Crippen LogP contribution in [0.2, 0.25) is 0 Å². The molecule has 1 heterocycles. The van der Waals surface area contributed by atoms with E-state index in [9.17, 15) is 0 Å². The summed E-state index contributed by atoms with van der Waals surface area (Å²) >= 11 is 0. The Labute approximate surface area is 103 Å². The number of nitrogens with one attached hydrogen (secondary N) is 1. The van der Waals surface area contributed by atoms with Crippen LogP contribution >= 0.6 is 0 Å². The first-order valence-electron chi connectivity index (χ1n) is 6.21. The molecule has 94 valence electrons. The third kappa shape index (κ3) is 2.99. The van der Waals surface area contributed by atoms with Gasteiger partial charge in [-0.3, -0.25) is 0 Å². The molecule has 0 saturated carbocycles. The van der Waals surface area contributed by atoms with Crippen LogP contribution in [-0.2, 0) is 11.3 Å². The molecule has 3 heteroatoms. The van der Waals surface area contributed by atoms with Crippen molar-refractivity contribution in [2.45, 2.75) is 25.4 Å². The lowest BCUT2D eigenvalue weighted by Crippen LogP contribution is -2.27. The summed E-state index contributed by atoms with van der Waals surface area (Å²) < 4.78 is 10.6. The quantitative estimate of drug-likeness (QED) is 0.868. The van der Waals surface area contributed by atoms with Crippen molar-refractivity contribution in [3.05, 3.63) is 29.3 Å². The fourth-order valence-corrected chi connectivity index (χ4v) is 2.50. The van der Waals surface area contributed by atoms with Gasteiger partial charge in [0.25, 0.3) is 0 Å². The van der Waals surface area contributed by atoms with E-state index in [-0.39, 0.29) is 0 Å². The maximum Gasteiger partial charge on any atom is 0.119 e. The zero-order chi connectivity index (χ0) is 12.1. The topological polar surface area (TPSA) is 30.5 Å². The summed E-state index contributed by atoms with van der Waals surface area (Å²) in [7, 11) is 3.47. The molecule has 1 aliphatic heterocycles. The normalized spacial score (nSPS) is 17.1. The molecule has 0 aliphatic carbocycles. The fraction of sp³-hybridized carbons (Fsp3) is 0.571. The van der Waals surface area contributed by atoms with Crippen LogP contribution in [0, 0.1) is 0 Å². The summed E-state index contributed by atoms with van der Waals surface area (Å²) in [5.41, 5.74) is 2.69. The SMILES string of the molecule is COCc1ccc(OC)cc1C1CCNCC1. The van der Waals surface area contributed by atoms with Crippen molar-refractivity contribution >= 4 is 0 Å². The van der Waals surface area contributed by atoms with Crippen molar-refractivity contribution in [2.24, 2.45) is 0 Å². The Morgan fingerprint density at radius 3 is 2.65 bits per heavy atom. The van der Waals surface area contributed by atoms with Crippen LogP contribution in [0.4, 0.5) is 0 Å². The predicted octanol–water partition coefficient (Wildman–Crippen LogP) is 2.31. The van der Waals surface area contributed by atoms with Gasteiger partial charge in [-0.2, -0.15) is 0 Å². The standard InChI is InChI=1S/C14H21NO2/c1-16-10-12-3-4-13(17-2)9-14(12)11-5-7-15-8-6-11/h3-4,9,11,15H,5-8,10H2,1-2H3. The van der Waals surface area contributed by atoms with E-state index in [1.54, 1.807) is 14.2 Å². The second-order valence-electron chi connectivity index (χ2n) is 4.52.